The minimum atomic E-state index is -0.648. The Balaban J connectivity index is 1.57. The summed E-state index contributed by atoms with van der Waals surface area (Å²) in [6, 6.07) is 11.5. The summed E-state index contributed by atoms with van der Waals surface area (Å²) in [6.45, 7) is 3.00. The van der Waals surface area contributed by atoms with Crippen molar-refractivity contribution in [2.45, 2.75) is 32.4 Å². The number of urea groups is 1. The molecule has 1 N–H and O–H groups in total. The maximum atomic E-state index is 14.2. The van der Waals surface area contributed by atoms with Crippen LogP contribution in [0.2, 0.25) is 10.0 Å². The third-order valence-corrected chi connectivity index (χ3v) is 5.77. The summed E-state index contributed by atoms with van der Waals surface area (Å²) in [7, 11) is 0. The summed E-state index contributed by atoms with van der Waals surface area (Å²) in [5.41, 5.74) is 1.11. The lowest BCUT2D eigenvalue weighted by Crippen LogP contribution is -2.36. The summed E-state index contributed by atoms with van der Waals surface area (Å²) >= 11 is 11.8. The fourth-order valence-corrected chi connectivity index (χ4v) is 3.98. The molecule has 0 radical (unpaired) electrons. The standard InChI is InChI=1S/C21H20Cl2FN5O/c1-13-26-27-20(29(13)12-14-7-9-15(22)10-8-14)18-6-3-11-28(18)21(30)25-17-5-2-4-16(23)19(17)24/h2,4-5,7-10,18H,3,6,11-12H2,1H3,(H,25,30). The van der Waals surface area contributed by atoms with E-state index >= 15 is 0 Å². The van der Waals surface area contributed by atoms with Gasteiger partial charge in [-0.2, -0.15) is 0 Å². The van der Waals surface area contributed by atoms with Gasteiger partial charge in [0.05, 0.1) is 23.3 Å². The average molecular weight is 448 g/mol. The van der Waals surface area contributed by atoms with Crippen LogP contribution in [-0.4, -0.2) is 32.2 Å². The van der Waals surface area contributed by atoms with Crippen molar-refractivity contribution in [2.75, 3.05) is 11.9 Å². The molecule has 1 aliphatic heterocycles. The van der Waals surface area contributed by atoms with Gasteiger partial charge in [-0.25, -0.2) is 9.18 Å². The molecule has 2 heterocycles. The van der Waals surface area contributed by atoms with Crippen LogP contribution in [0.1, 0.15) is 36.1 Å². The summed E-state index contributed by atoms with van der Waals surface area (Å²) in [5.74, 6) is 0.819. The number of carbonyl (C=O) groups excluding carboxylic acids is 1. The Morgan fingerprint density at radius 2 is 1.97 bits per heavy atom. The molecule has 9 heteroatoms. The van der Waals surface area contributed by atoms with E-state index in [0.29, 0.717) is 23.9 Å². The number of aromatic nitrogens is 3. The lowest BCUT2D eigenvalue weighted by atomic mass is 10.2. The zero-order valence-corrected chi connectivity index (χ0v) is 17.8. The van der Waals surface area contributed by atoms with Crippen molar-refractivity contribution < 1.29 is 9.18 Å². The van der Waals surface area contributed by atoms with Gasteiger partial charge in [0, 0.05) is 11.6 Å². The third kappa shape index (κ3) is 4.13. The molecular weight excluding hydrogens is 428 g/mol. The Morgan fingerprint density at radius 3 is 2.73 bits per heavy atom. The first-order valence-electron chi connectivity index (χ1n) is 9.60. The molecular formula is C21H20Cl2FN5O. The van der Waals surface area contributed by atoms with Crippen LogP contribution in [0.25, 0.3) is 0 Å². The van der Waals surface area contributed by atoms with Crippen molar-refractivity contribution in [2.24, 2.45) is 0 Å². The molecule has 1 aliphatic rings. The molecule has 4 rings (SSSR count). The van der Waals surface area contributed by atoms with Crippen molar-refractivity contribution in [1.29, 1.82) is 0 Å². The van der Waals surface area contributed by atoms with Gasteiger partial charge in [-0.15, -0.1) is 10.2 Å². The number of hydrogen-bond acceptors (Lipinski definition) is 3. The first-order valence-corrected chi connectivity index (χ1v) is 10.4. The van der Waals surface area contributed by atoms with E-state index in [0.717, 1.165) is 24.2 Å². The van der Waals surface area contributed by atoms with Crippen LogP contribution in [0.4, 0.5) is 14.9 Å². The zero-order valence-electron chi connectivity index (χ0n) is 16.3. The summed E-state index contributed by atoms with van der Waals surface area (Å²) in [5, 5.41) is 11.8. The van der Waals surface area contributed by atoms with Crippen LogP contribution < -0.4 is 5.32 Å². The molecule has 1 unspecified atom stereocenters. The average Bonchev–Trinajstić information content (AvgIpc) is 3.34. The normalized spacial score (nSPS) is 16.1. The quantitative estimate of drug-likeness (QED) is 0.578. The highest BCUT2D eigenvalue weighted by molar-refractivity contribution is 6.31. The molecule has 1 aromatic heterocycles. The maximum absolute atomic E-state index is 14.2. The van der Waals surface area contributed by atoms with Crippen molar-refractivity contribution in [1.82, 2.24) is 19.7 Å². The molecule has 0 bridgehead atoms. The van der Waals surface area contributed by atoms with Gasteiger partial charge < -0.3 is 14.8 Å². The van der Waals surface area contributed by atoms with E-state index in [1.54, 1.807) is 11.0 Å². The first-order chi connectivity index (χ1) is 14.4. The summed E-state index contributed by atoms with van der Waals surface area (Å²) in [6.07, 6.45) is 1.58. The third-order valence-electron chi connectivity index (χ3n) is 5.22. The molecule has 6 nitrogen and oxygen atoms in total. The fraction of sp³-hybridized carbons (Fsp3) is 0.286. The Labute approximate surface area is 183 Å². The highest BCUT2D eigenvalue weighted by atomic mass is 35.5. The van der Waals surface area contributed by atoms with Crippen molar-refractivity contribution in [3.05, 3.63) is 75.5 Å². The number of amides is 2. The number of aryl methyl sites for hydroxylation is 1. The monoisotopic (exact) mass is 447 g/mol. The predicted molar refractivity (Wildman–Crippen MR) is 114 cm³/mol. The Kier molecular flexibility index (Phi) is 5.92. The van der Waals surface area contributed by atoms with Gasteiger partial charge in [0.25, 0.3) is 0 Å². The van der Waals surface area contributed by atoms with E-state index in [4.69, 9.17) is 23.2 Å². The Morgan fingerprint density at radius 1 is 1.20 bits per heavy atom. The first kappa shape index (κ1) is 20.6. The molecule has 1 saturated heterocycles. The smallest absolute Gasteiger partial charge is 0.314 e. The van der Waals surface area contributed by atoms with E-state index < -0.39 is 11.8 Å². The van der Waals surface area contributed by atoms with Gasteiger partial charge in [0.15, 0.2) is 11.6 Å². The van der Waals surface area contributed by atoms with E-state index in [1.165, 1.54) is 12.1 Å². The van der Waals surface area contributed by atoms with Crippen LogP contribution in [0.3, 0.4) is 0 Å². The molecule has 156 valence electrons. The van der Waals surface area contributed by atoms with E-state index in [9.17, 15) is 9.18 Å². The molecule has 0 saturated carbocycles. The largest absolute Gasteiger partial charge is 0.322 e. The lowest BCUT2D eigenvalue weighted by Gasteiger charge is -2.25. The van der Waals surface area contributed by atoms with Crippen LogP contribution in [-0.2, 0) is 6.54 Å². The number of nitrogens with one attached hydrogen (secondary N) is 1. The molecule has 2 amide bonds. The SMILES string of the molecule is Cc1nnc(C2CCCN2C(=O)Nc2cccc(Cl)c2F)n1Cc1ccc(Cl)cc1. The van der Waals surface area contributed by atoms with Crippen LogP contribution in [0.5, 0.6) is 0 Å². The van der Waals surface area contributed by atoms with Crippen molar-refractivity contribution >= 4 is 34.9 Å². The number of benzene rings is 2. The van der Waals surface area contributed by atoms with E-state index in [-0.39, 0.29) is 16.8 Å². The number of rotatable bonds is 4. The Bertz CT molecular complexity index is 1070. The number of halogens is 3. The second-order valence-corrected chi connectivity index (χ2v) is 8.04. The maximum Gasteiger partial charge on any atom is 0.322 e. The summed E-state index contributed by atoms with van der Waals surface area (Å²) < 4.78 is 16.2. The highest BCUT2D eigenvalue weighted by Crippen LogP contribution is 2.33. The lowest BCUT2D eigenvalue weighted by molar-refractivity contribution is 0.203. The number of carbonyl (C=O) groups is 1. The Hall–Kier alpha value is -2.64. The molecule has 1 fully saturated rings. The van der Waals surface area contributed by atoms with Gasteiger partial charge in [0.2, 0.25) is 0 Å². The molecule has 30 heavy (non-hydrogen) atoms. The second kappa shape index (κ2) is 8.62. The minimum absolute atomic E-state index is 0.0379. The minimum Gasteiger partial charge on any atom is -0.314 e. The predicted octanol–water partition coefficient (Wildman–Crippen LogP) is 5.45. The van der Waals surface area contributed by atoms with Crippen LogP contribution in [0, 0.1) is 12.7 Å². The van der Waals surface area contributed by atoms with Gasteiger partial charge in [-0.1, -0.05) is 41.4 Å². The highest BCUT2D eigenvalue weighted by Gasteiger charge is 2.34. The van der Waals surface area contributed by atoms with Gasteiger partial charge in [-0.05, 0) is 49.6 Å². The van der Waals surface area contributed by atoms with E-state index in [1.807, 2.05) is 35.8 Å². The number of likely N-dealkylation sites (tertiary alicyclic amines) is 1. The van der Waals surface area contributed by atoms with Crippen molar-refractivity contribution in [3.8, 4) is 0 Å². The number of anilines is 1. The van der Waals surface area contributed by atoms with Gasteiger partial charge in [-0.3, -0.25) is 0 Å². The summed E-state index contributed by atoms with van der Waals surface area (Å²) in [4.78, 5) is 14.6. The molecule has 2 aromatic carbocycles. The molecule has 3 aromatic rings. The van der Waals surface area contributed by atoms with Gasteiger partial charge >= 0.3 is 6.03 Å². The molecule has 0 aliphatic carbocycles. The zero-order chi connectivity index (χ0) is 21.3. The van der Waals surface area contributed by atoms with Gasteiger partial charge in [0.1, 0.15) is 5.82 Å². The van der Waals surface area contributed by atoms with E-state index in [2.05, 4.69) is 15.5 Å². The van der Waals surface area contributed by atoms with Crippen LogP contribution >= 0.6 is 23.2 Å². The van der Waals surface area contributed by atoms with Crippen LogP contribution in [0.15, 0.2) is 42.5 Å². The fourth-order valence-electron chi connectivity index (χ4n) is 3.68. The number of hydrogen-bond donors (Lipinski definition) is 1. The number of nitrogens with zero attached hydrogens (tertiary/aromatic N) is 4. The topological polar surface area (TPSA) is 63.1 Å². The molecule has 0 spiro atoms. The molecule has 1 atom stereocenters. The second-order valence-electron chi connectivity index (χ2n) is 7.20. The van der Waals surface area contributed by atoms with Crippen molar-refractivity contribution in [3.63, 3.8) is 0 Å².